The van der Waals surface area contributed by atoms with Gasteiger partial charge in [0.25, 0.3) is 22.9 Å². The number of hydrogen-bond acceptors (Lipinski definition) is 26. The van der Waals surface area contributed by atoms with E-state index < -0.39 is 23.9 Å². The molecule has 122 heavy (non-hydrogen) atoms. The number of methoxy groups -OCH3 is 2. The molecule has 32 nitrogen and oxygen atoms in total. The number of aryl methyl sites for hydroxylation is 2. The van der Waals surface area contributed by atoms with Crippen LogP contribution in [-0.4, -0.2) is 273 Å². The van der Waals surface area contributed by atoms with Crippen molar-refractivity contribution in [2.45, 2.75) is 155 Å². The van der Waals surface area contributed by atoms with Crippen molar-refractivity contribution in [1.82, 2.24) is 79.1 Å². The van der Waals surface area contributed by atoms with E-state index in [1.807, 2.05) is 62.6 Å². The lowest BCUT2D eigenvalue weighted by Crippen LogP contribution is -2.52. The molecule has 6 saturated heterocycles. The Balaban J connectivity index is 0.000000173. The van der Waals surface area contributed by atoms with Crippen molar-refractivity contribution in [3.05, 3.63) is 162 Å². The van der Waals surface area contributed by atoms with Crippen molar-refractivity contribution in [3.8, 4) is 11.5 Å². The molecule has 2 unspecified atom stereocenters. The number of ketones is 2. The number of anilines is 4. The minimum Gasteiger partial charge on any atom is -0.494 e. The van der Waals surface area contributed by atoms with Crippen LogP contribution in [0.25, 0.3) is 22.1 Å². The molecular formula is C90H108N20O12. The van der Waals surface area contributed by atoms with E-state index in [4.69, 9.17) is 29.4 Å². The molecule has 8 aliphatic heterocycles. The summed E-state index contributed by atoms with van der Waals surface area (Å²) in [5, 5.41) is 6.25. The number of nitrogens with one attached hydrogen (secondary N) is 2. The van der Waals surface area contributed by atoms with Crippen LogP contribution in [0.5, 0.6) is 11.5 Å². The quantitative estimate of drug-likeness (QED) is 0.0560. The predicted molar refractivity (Wildman–Crippen MR) is 459 cm³/mol. The smallest absolute Gasteiger partial charge is 0.263 e. The normalized spacial score (nSPS) is 20.5. The minimum absolute atomic E-state index is 0.0395. The number of piperidine rings is 2. The van der Waals surface area contributed by atoms with Gasteiger partial charge in [-0.25, -0.2) is 19.9 Å². The molecule has 6 amide bonds. The zero-order chi connectivity index (χ0) is 84.7. The molecule has 14 heterocycles. The molecule has 8 aromatic rings. The number of benzene rings is 2. The van der Waals surface area contributed by atoms with Gasteiger partial charge in [-0.05, 0) is 126 Å². The first-order chi connectivity index (χ1) is 59.1. The predicted octanol–water partition coefficient (Wildman–Crippen LogP) is 6.23. The molecule has 0 radical (unpaired) electrons. The molecule has 8 fully saturated rings. The van der Waals surface area contributed by atoms with E-state index in [-0.39, 0.29) is 95.5 Å². The number of aromatic nitrogens is 8. The highest BCUT2D eigenvalue weighted by molar-refractivity contribution is 6.08. The highest BCUT2D eigenvalue weighted by atomic mass is 16.5. The third kappa shape index (κ3) is 16.6. The molecule has 10 aliphatic rings. The molecule has 2 saturated carbocycles. The molecule has 0 spiro atoms. The highest BCUT2D eigenvalue weighted by Gasteiger charge is 2.44. The monoisotopic (exact) mass is 1660 g/mol. The molecule has 2 N–H and O–H groups in total. The van der Waals surface area contributed by atoms with Crippen LogP contribution in [0, 0.1) is 13.8 Å². The van der Waals surface area contributed by atoms with Crippen molar-refractivity contribution in [1.29, 1.82) is 0 Å². The average Bonchev–Trinajstić information content (AvgIpc) is 1.26. The van der Waals surface area contributed by atoms with Gasteiger partial charge in [-0.3, -0.25) is 97.3 Å². The van der Waals surface area contributed by atoms with E-state index in [2.05, 4.69) is 71.9 Å². The number of Topliss-reactive ketones (excluding diaryl/α,β-unsaturated/α-hetero) is 2. The number of hydrogen-bond donors (Lipinski definition) is 2. The van der Waals surface area contributed by atoms with E-state index in [9.17, 15) is 47.9 Å². The lowest BCUT2D eigenvalue weighted by Gasteiger charge is -2.39. The van der Waals surface area contributed by atoms with Gasteiger partial charge in [0.1, 0.15) is 46.5 Å². The van der Waals surface area contributed by atoms with E-state index in [0.717, 1.165) is 238 Å². The molecule has 640 valence electrons. The maximum atomic E-state index is 13.6. The van der Waals surface area contributed by atoms with Crippen LogP contribution >= 0.6 is 0 Å². The Morgan fingerprint density at radius 2 is 0.779 bits per heavy atom. The summed E-state index contributed by atoms with van der Waals surface area (Å²) in [5.41, 5.74) is 11.0. The maximum absolute atomic E-state index is 13.6. The molecule has 18 rings (SSSR count). The van der Waals surface area contributed by atoms with Gasteiger partial charge >= 0.3 is 0 Å². The fraction of sp³-hybridized carbons (Fsp3) is 0.511. The fourth-order valence-electron chi connectivity index (χ4n) is 20.1. The minimum atomic E-state index is -0.661. The largest absolute Gasteiger partial charge is 0.494 e. The van der Waals surface area contributed by atoms with Crippen molar-refractivity contribution >= 4 is 91.8 Å². The van der Waals surface area contributed by atoms with E-state index in [0.29, 0.717) is 82.4 Å². The number of nitrogens with zero attached hydrogens (tertiary/aromatic N) is 18. The summed E-state index contributed by atoms with van der Waals surface area (Å²) in [5.74, 6) is 0.291. The number of amides is 6. The summed E-state index contributed by atoms with van der Waals surface area (Å²) in [6.07, 6.45) is 17.2. The molecule has 2 aromatic carbocycles. The SMILES string of the molecule is COc1c(N2CCN(CCN3CCN(c4ccc(Cc5ncc6c(C)c(C(C)=O)c(=O)n(C7CCCC7)c6n5)nc4)CC3)CC2)ccc2c1CN(C1CCC(=O)NC1=O)C2=O.COc1c(N2CCN(CCN3CCN(c4ccc(Cc5ncc6c(C)c(C(C)=O)c(=O)n(C7CCCC7)c6n5)nc4)CC3)CC2)ccc2c1CN(C1CCC(=O)NC1=O)C2=O. The molecular weight excluding hydrogens is 1550 g/mol. The zero-order valence-corrected chi connectivity index (χ0v) is 70.6. The second-order valence-corrected chi connectivity index (χ2v) is 34.2. The lowest BCUT2D eigenvalue weighted by molar-refractivity contribution is -0.138. The van der Waals surface area contributed by atoms with Gasteiger partial charge in [0.05, 0.1) is 86.4 Å². The topological polar surface area (TPSA) is 333 Å². The molecule has 2 aliphatic carbocycles. The second kappa shape index (κ2) is 35.5. The van der Waals surface area contributed by atoms with Gasteiger partial charge in [0, 0.05) is 213 Å². The number of piperazine rings is 4. The Bertz CT molecular complexity index is 5200. The Morgan fingerprint density at radius 1 is 0.426 bits per heavy atom. The van der Waals surface area contributed by atoms with Gasteiger partial charge in [0.2, 0.25) is 23.6 Å². The van der Waals surface area contributed by atoms with Crippen LogP contribution in [0.4, 0.5) is 22.7 Å². The summed E-state index contributed by atoms with van der Waals surface area (Å²) >= 11 is 0. The van der Waals surface area contributed by atoms with E-state index in [1.54, 1.807) is 45.5 Å². The van der Waals surface area contributed by atoms with Crippen LogP contribution in [0.2, 0.25) is 0 Å². The van der Waals surface area contributed by atoms with Crippen LogP contribution in [-0.2, 0) is 45.1 Å². The number of imide groups is 2. The number of pyridine rings is 4. The first-order valence-corrected chi connectivity index (χ1v) is 43.5. The average molecular weight is 1660 g/mol. The van der Waals surface area contributed by atoms with Gasteiger partial charge in [-0.2, -0.15) is 0 Å². The number of ether oxygens (including phenoxy) is 2. The third-order valence-electron chi connectivity index (χ3n) is 27.0. The number of rotatable bonds is 22. The summed E-state index contributed by atoms with van der Waals surface area (Å²) in [6.45, 7) is 25.7. The molecule has 0 bridgehead atoms. The van der Waals surface area contributed by atoms with Gasteiger partial charge in [-0.1, -0.05) is 25.7 Å². The Morgan fingerprint density at radius 3 is 1.10 bits per heavy atom. The molecule has 6 aromatic heterocycles. The van der Waals surface area contributed by atoms with Gasteiger partial charge < -0.3 is 38.9 Å². The first kappa shape index (κ1) is 82.8. The van der Waals surface area contributed by atoms with E-state index in [1.165, 1.54) is 13.8 Å². The number of carbonyl (C=O) groups is 8. The second-order valence-electron chi connectivity index (χ2n) is 34.2. The summed E-state index contributed by atoms with van der Waals surface area (Å²) in [4.78, 5) is 179. The number of carbonyl (C=O) groups excluding carboxylic acids is 8. The Labute approximate surface area is 707 Å². The van der Waals surface area contributed by atoms with Gasteiger partial charge in [-0.15, -0.1) is 0 Å². The number of fused-ring (bicyclic) bond motifs is 4. The molecule has 32 heteroatoms. The van der Waals surface area contributed by atoms with Gasteiger partial charge in [0.15, 0.2) is 11.6 Å². The fourth-order valence-corrected chi connectivity index (χ4v) is 20.1. The third-order valence-corrected chi connectivity index (χ3v) is 27.0. The Hall–Kier alpha value is -11.5. The standard InChI is InChI=1S/2C45H54N10O6/c2*1-28-34-26-47-38(48-42(34)55(31-6-4-5-7-31)45(60)40(28)29(2)56)24-30-8-9-32(25-46-30)52-20-16-50(17-21-52)14-15-51-18-22-53(23-19-51)36-11-10-33-35(41(36)61-3)27-54(44(33)59)37-12-13-39(57)49-43(37)58/h2*8-11,25-26,31,37H,4-7,12-24,27H2,1-3H3,(H,49,57,58). The van der Waals surface area contributed by atoms with Crippen LogP contribution in [0.15, 0.2) is 82.9 Å². The maximum Gasteiger partial charge on any atom is 0.263 e. The summed E-state index contributed by atoms with van der Waals surface area (Å²) < 4.78 is 15.3. The summed E-state index contributed by atoms with van der Waals surface area (Å²) in [7, 11) is 3.27. The lowest BCUT2D eigenvalue weighted by atomic mass is 10.0. The van der Waals surface area contributed by atoms with Crippen molar-refractivity contribution in [2.24, 2.45) is 0 Å². The van der Waals surface area contributed by atoms with Crippen molar-refractivity contribution in [2.75, 3.05) is 165 Å². The molecule has 2 atom stereocenters. The van der Waals surface area contributed by atoms with Crippen molar-refractivity contribution < 1.29 is 47.8 Å². The van der Waals surface area contributed by atoms with Crippen LogP contribution < -0.4 is 50.8 Å². The van der Waals surface area contributed by atoms with Crippen LogP contribution in [0.1, 0.15) is 190 Å². The first-order valence-electron chi connectivity index (χ1n) is 43.5. The zero-order valence-electron chi connectivity index (χ0n) is 70.6. The van der Waals surface area contributed by atoms with E-state index >= 15 is 0 Å². The Kier molecular flexibility index (Phi) is 24.1. The summed E-state index contributed by atoms with van der Waals surface area (Å²) in [6, 6.07) is 14.7. The van der Waals surface area contributed by atoms with Crippen LogP contribution in [0.3, 0.4) is 0 Å². The highest BCUT2D eigenvalue weighted by Crippen LogP contribution is 2.44. The van der Waals surface area contributed by atoms with Crippen molar-refractivity contribution in [3.63, 3.8) is 0 Å².